The lowest BCUT2D eigenvalue weighted by Gasteiger charge is -2.16. The van der Waals surface area contributed by atoms with Crippen LogP contribution in [0.4, 0.5) is 10.5 Å². The molecular weight excluding hydrogens is 368 g/mol. The first-order valence-electron chi connectivity index (χ1n) is 9.14. The molecule has 2 unspecified atom stereocenters. The van der Waals surface area contributed by atoms with Gasteiger partial charge in [0.25, 0.3) is 5.91 Å². The SMILES string of the molecule is CCOC(=O)CN1C(=O)C2(c3ccccc31)C(C(=O)OCC)N2C(=O)OCC. The number of ether oxygens (including phenoxy) is 3. The highest BCUT2D eigenvalue weighted by atomic mass is 16.6. The van der Waals surface area contributed by atoms with Gasteiger partial charge < -0.3 is 14.2 Å². The number of rotatable bonds is 6. The summed E-state index contributed by atoms with van der Waals surface area (Å²) in [4.78, 5) is 52.8. The molecule has 0 saturated carbocycles. The van der Waals surface area contributed by atoms with E-state index in [-0.39, 0.29) is 26.4 Å². The van der Waals surface area contributed by atoms with Crippen molar-refractivity contribution in [1.29, 1.82) is 0 Å². The fourth-order valence-corrected chi connectivity index (χ4v) is 3.68. The van der Waals surface area contributed by atoms with Crippen LogP contribution in [0.2, 0.25) is 0 Å². The number of carbonyl (C=O) groups excluding carboxylic acids is 4. The van der Waals surface area contributed by atoms with Gasteiger partial charge in [-0.25, -0.2) is 9.59 Å². The third-order valence-corrected chi connectivity index (χ3v) is 4.71. The predicted octanol–water partition coefficient (Wildman–Crippen LogP) is 1.20. The number of carbonyl (C=O) groups is 4. The molecule has 0 aromatic heterocycles. The van der Waals surface area contributed by atoms with Crippen LogP contribution in [0.1, 0.15) is 26.3 Å². The molecule has 0 N–H and O–H groups in total. The molecule has 2 heterocycles. The zero-order valence-electron chi connectivity index (χ0n) is 16.0. The molecule has 9 heteroatoms. The summed E-state index contributed by atoms with van der Waals surface area (Å²) in [6.45, 7) is 4.98. The highest BCUT2D eigenvalue weighted by Crippen LogP contribution is 2.58. The fourth-order valence-electron chi connectivity index (χ4n) is 3.68. The number of esters is 2. The van der Waals surface area contributed by atoms with E-state index >= 15 is 0 Å². The number of anilines is 1. The smallest absolute Gasteiger partial charge is 0.411 e. The van der Waals surface area contributed by atoms with Crippen LogP contribution in [0.15, 0.2) is 24.3 Å². The van der Waals surface area contributed by atoms with Gasteiger partial charge in [0.2, 0.25) is 0 Å². The summed E-state index contributed by atoms with van der Waals surface area (Å²) in [7, 11) is 0. The lowest BCUT2D eigenvalue weighted by molar-refractivity contribution is -0.144. The van der Waals surface area contributed by atoms with Crippen LogP contribution in [0.5, 0.6) is 0 Å². The lowest BCUT2D eigenvalue weighted by atomic mass is 9.96. The highest BCUT2D eigenvalue weighted by molar-refractivity contribution is 6.18. The first kappa shape index (κ1) is 19.7. The van der Waals surface area contributed by atoms with Crippen LogP contribution in [-0.2, 0) is 34.1 Å². The molecule has 2 atom stereocenters. The zero-order valence-corrected chi connectivity index (χ0v) is 16.0. The number of para-hydroxylation sites is 1. The minimum atomic E-state index is -1.57. The average molecular weight is 390 g/mol. The number of fused-ring (bicyclic) bond motifs is 2. The van der Waals surface area contributed by atoms with Crippen molar-refractivity contribution in [3.05, 3.63) is 29.8 Å². The van der Waals surface area contributed by atoms with Crippen LogP contribution in [0, 0.1) is 0 Å². The van der Waals surface area contributed by atoms with Crippen LogP contribution < -0.4 is 4.90 Å². The normalized spacial score (nSPS) is 22.1. The minimum Gasteiger partial charge on any atom is -0.465 e. The van der Waals surface area contributed by atoms with Crippen molar-refractivity contribution in [2.75, 3.05) is 31.3 Å². The maximum atomic E-state index is 13.4. The van der Waals surface area contributed by atoms with Crippen molar-refractivity contribution in [1.82, 2.24) is 4.90 Å². The van der Waals surface area contributed by atoms with E-state index in [0.29, 0.717) is 11.3 Å². The van der Waals surface area contributed by atoms with E-state index in [1.165, 1.54) is 4.90 Å². The van der Waals surface area contributed by atoms with Gasteiger partial charge in [0.05, 0.1) is 25.5 Å². The third kappa shape index (κ3) is 2.78. The highest BCUT2D eigenvalue weighted by Gasteiger charge is 2.80. The Morgan fingerprint density at radius 2 is 1.64 bits per heavy atom. The van der Waals surface area contributed by atoms with Gasteiger partial charge in [-0.05, 0) is 26.8 Å². The van der Waals surface area contributed by atoms with Crippen molar-refractivity contribution in [2.24, 2.45) is 0 Å². The van der Waals surface area contributed by atoms with Gasteiger partial charge >= 0.3 is 18.0 Å². The average Bonchev–Trinajstić information content (AvgIpc) is 3.32. The molecule has 2 amide bonds. The second kappa shape index (κ2) is 7.49. The van der Waals surface area contributed by atoms with E-state index in [0.717, 1.165) is 4.90 Å². The molecule has 1 fully saturated rings. The first-order valence-corrected chi connectivity index (χ1v) is 9.14. The van der Waals surface area contributed by atoms with Crippen LogP contribution in [0.3, 0.4) is 0 Å². The summed E-state index contributed by atoms with van der Waals surface area (Å²) >= 11 is 0. The van der Waals surface area contributed by atoms with Crippen LogP contribution in [0.25, 0.3) is 0 Å². The number of hydrogen-bond donors (Lipinski definition) is 0. The molecule has 0 bridgehead atoms. The van der Waals surface area contributed by atoms with Crippen molar-refractivity contribution in [3.63, 3.8) is 0 Å². The van der Waals surface area contributed by atoms with E-state index in [4.69, 9.17) is 14.2 Å². The van der Waals surface area contributed by atoms with E-state index in [1.54, 1.807) is 45.0 Å². The fraction of sp³-hybridized carbons (Fsp3) is 0.474. The summed E-state index contributed by atoms with van der Waals surface area (Å²) in [5.74, 6) is -1.84. The molecule has 1 aromatic carbocycles. The predicted molar refractivity (Wildman–Crippen MR) is 96.4 cm³/mol. The van der Waals surface area contributed by atoms with E-state index < -0.39 is 35.5 Å². The summed E-state index contributed by atoms with van der Waals surface area (Å²) in [6, 6.07) is 5.58. The largest absolute Gasteiger partial charge is 0.465 e. The molecule has 0 radical (unpaired) electrons. The zero-order chi connectivity index (χ0) is 20.5. The first-order chi connectivity index (χ1) is 13.4. The number of amides is 2. The lowest BCUT2D eigenvalue weighted by Crippen LogP contribution is -2.40. The van der Waals surface area contributed by atoms with Gasteiger partial charge in [0.1, 0.15) is 6.54 Å². The maximum absolute atomic E-state index is 13.4. The Kier molecular flexibility index (Phi) is 5.26. The molecule has 9 nitrogen and oxygen atoms in total. The maximum Gasteiger partial charge on any atom is 0.411 e. The molecule has 2 aliphatic heterocycles. The third-order valence-electron chi connectivity index (χ3n) is 4.71. The second-order valence-electron chi connectivity index (χ2n) is 6.20. The van der Waals surface area contributed by atoms with Gasteiger partial charge in [0.15, 0.2) is 11.6 Å². The summed E-state index contributed by atoms with van der Waals surface area (Å²) < 4.78 is 15.1. The number of nitrogens with zero attached hydrogens (tertiary/aromatic N) is 2. The Bertz CT molecular complexity index is 798. The van der Waals surface area contributed by atoms with Crippen LogP contribution in [-0.4, -0.2) is 61.2 Å². The Hall–Kier alpha value is -3.10. The second-order valence-corrected chi connectivity index (χ2v) is 6.20. The minimum absolute atomic E-state index is 0.0866. The Balaban J connectivity index is 2.05. The molecule has 3 rings (SSSR count). The van der Waals surface area contributed by atoms with E-state index in [2.05, 4.69) is 0 Å². The molecule has 1 saturated heterocycles. The Morgan fingerprint density at radius 1 is 1.00 bits per heavy atom. The molecule has 0 aliphatic carbocycles. The molecule has 150 valence electrons. The van der Waals surface area contributed by atoms with E-state index in [9.17, 15) is 19.2 Å². The summed E-state index contributed by atoms with van der Waals surface area (Å²) in [5.41, 5.74) is -0.668. The quantitative estimate of drug-likeness (QED) is 0.408. The monoisotopic (exact) mass is 390 g/mol. The Labute approximate surface area is 162 Å². The Morgan fingerprint density at radius 3 is 2.29 bits per heavy atom. The van der Waals surface area contributed by atoms with Gasteiger partial charge in [-0.1, -0.05) is 18.2 Å². The van der Waals surface area contributed by atoms with Crippen molar-refractivity contribution < 1.29 is 33.4 Å². The van der Waals surface area contributed by atoms with Crippen molar-refractivity contribution in [2.45, 2.75) is 32.4 Å². The van der Waals surface area contributed by atoms with Crippen molar-refractivity contribution in [3.8, 4) is 0 Å². The standard InChI is InChI=1S/C19H22N2O7/c1-4-26-14(22)11-20-13-10-8-7-9-12(13)19(17(20)24)15(16(23)27-5-2)21(19)18(25)28-6-3/h7-10,15H,4-6,11H2,1-3H3. The topological polar surface area (TPSA) is 102 Å². The summed E-state index contributed by atoms with van der Waals surface area (Å²) in [5, 5.41) is 0. The van der Waals surface area contributed by atoms with Gasteiger partial charge in [-0.15, -0.1) is 0 Å². The van der Waals surface area contributed by atoms with E-state index in [1.807, 2.05) is 0 Å². The number of hydrogen-bond acceptors (Lipinski definition) is 7. The molecule has 1 aromatic rings. The molecule has 28 heavy (non-hydrogen) atoms. The van der Waals surface area contributed by atoms with Gasteiger partial charge in [-0.2, -0.15) is 0 Å². The van der Waals surface area contributed by atoms with Gasteiger partial charge in [0, 0.05) is 5.56 Å². The van der Waals surface area contributed by atoms with Crippen molar-refractivity contribution >= 4 is 29.6 Å². The van der Waals surface area contributed by atoms with Gasteiger partial charge in [-0.3, -0.25) is 19.4 Å². The molecule has 2 aliphatic rings. The summed E-state index contributed by atoms with van der Waals surface area (Å²) in [6.07, 6.45) is -0.790. The molecular formula is C19H22N2O7. The number of benzene rings is 1. The molecule has 1 spiro atoms. The van der Waals surface area contributed by atoms with Crippen LogP contribution >= 0.6 is 0 Å².